The van der Waals surface area contributed by atoms with E-state index in [0.717, 1.165) is 47.6 Å². The Balaban J connectivity index is 1.42. The molecule has 0 amide bonds. The van der Waals surface area contributed by atoms with E-state index in [4.69, 9.17) is 4.98 Å². The third-order valence-corrected chi connectivity index (χ3v) is 6.91. The molecule has 2 aliphatic rings. The molecule has 2 aromatic heterocycles. The number of anilines is 1. The number of hydrogen-bond donors (Lipinski definition) is 1. The zero-order valence-corrected chi connectivity index (χ0v) is 20.5. The molecule has 11 heteroatoms. The summed E-state index contributed by atoms with van der Waals surface area (Å²) < 4.78 is 81.3. The molecule has 0 bridgehead atoms. The summed E-state index contributed by atoms with van der Waals surface area (Å²) in [4.78, 5) is 7.29. The van der Waals surface area contributed by atoms with Gasteiger partial charge in [0.2, 0.25) is 0 Å². The summed E-state index contributed by atoms with van der Waals surface area (Å²) in [6.07, 6.45) is -3.29. The van der Waals surface area contributed by atoms with Crippen molar-refractivity contribution < 1.29 is 26.3 Å². The second-order valence-electron chi connectivity index (χ2n) is 10.2. The Hall–Kier alpha value is -2.82. The van der Waals surface area contributed by atoms with E-state index in [-0.39, 0.29) is 24.7 Å². The van der Waals surface area contributed by atoms with Gasteiger partial charge in [-0.1, -0.05) is 0 Å². The number of nitrogens with zero attached hydrogens (tertiary/aromatic N) is 4. The van der Waals surface area contributed by atoms with Crippen LogP contribution < -0.4 is 10.2 Å². The lowest BCUT2D eigenvalue weighted by atomic mass is 10.0. The second kappa shape index (κ2) is 9.81. The Bertz CT molecular complexity index is 1210. The van der Waals surface area contributed by atoms with Gasteiger partial charge < -0.3 is 10.2 Å². The van der Waals surface area contributed by atoms with E-state index in [1.54, 1.807) is 6.20 Å². The number of fused-ring (bicyclic) bond motifs is 1. The van der Waals surface area contributed by atoms with E-state index in [1.807, 2.05) is 17.7 Å². The minimum absolute atomic E-state index is 0.0793. The molecule has 37 heavy (non-hydrogen) atoms. The van der Waals surface area contributed by atoms with E-state index in [1.165, 1.54) is 25.7 Å². The summed E-state index contributed by atoms with van der Waals surface area (Å²) in [5.74, 6) is 2.06. The third-order valence-electron chi connectivity index (χ3n) is 6.91. The van der Waals surface area contributed by atoms with E-state index in [0.29, 0.717) is 18.4 Å². The van der Waals surface area contributed by atoms with Gasteiger partial charge in [0.25, 0.3) is 0 Å². The largest absolute Gasteiger partial charge is 0.416 e. The highest BCUT2D eigenvalue weighted by Crippen LogP contribution is 2.38. The Morgan fingerprint density at radius 2 is 1.49 bits per heavy atom. The lowest BCUT2D eigenvalue weighted by molar-refractivity contribution is -0.143. The summed E-state index contributed by atoms with van der Waals surface area (Å²) in [6, 6.07) is 3.66. The minimum Gasteiger partial charge on any atom is -0.356 e. The van der Waals surface area contributed by atoms with Crippen LogP contribution in [0.2, 0.25) is 0 Å². The molecule has 2 saturated carbocycles. The molecule has 1 N–H and O–H groups in total. The van der Waals surface area contributed by atoms with Crippen LogP contribution in [0, 0.1) is 11.8 Å². The average Bonchev–Trinajstić information content (AvgIpc) is 3.77. The number of aryl methyl sites for hydroxylation is 1. The standard InChI is InChI=1S/C26H29F6N5/c1-2-37-24-20(13-34-37)9-19(23(35-24)36(14-16-3-4-16)15-17-5-6-17)12-33-11-18-7-21(25(27,28)29)10-22(8-18)26(30,31)32/h7-10,13,16-17,33H,2-6,11-12,14-15H2,1H3. The normalized spacial score (nSPS) is 16.5. The van der Waals surface area contributed by atoms with Crippen LogP contribution in [-0.4, -0.2) is 27.9 Å². The quantitative estimate of drug-likeness (QED) is 0.311. The Labute approximate surface area is 210 Å². The molecule has 2 heterocycles. The number of rotatable bonds is 10. The number of hydrogen-bond acceptors (Lipinski definition) is 4. The van der Waals surface area contributed by atoms with Gasteiger partial charge in [0, 0.05) is 43.7 Å². The molecule has 5 nitrogen and oxygen atoms in total. The maximum Gasteiger partial charge on any atom is 0.416 e. The predicted molar refractivity (Wildman–Crippen MR) is 128 cm³/mol. The van der Waals surface area contributed by atoms with Crippen molar-refractivity contribution >= 4 is 16.9 Å². The summed E-state index contributed by atoms with van der Waals surface area (Å²) >= 11 is 0. The molecule has 0 aliphatic heterocycles. The van der Waals surface area contributed by atoms with E-state index < -0.39 is 23.5 Å². The van der Waals surface area contributed by atoms with Gasteiger partial charge in [-0.15, -0.1) is 0 Å². The van der Waals surface area contributed by atoms with Gasteiger partial charge in [-0.3, -0.25) is 0 Å². The van der Waals surface area contributed by atoms with Gasteiger partial charge in [-0.25, -0.2) is 9.67 Å². The maximum absolute atomic E-state index is 13.3. The maximum atomic E-state index is 13.3. The van der Waals surface area contributed by atoms with Crippen molar-refractivity contribution in [3.8, 4) is 0 Å². The predicted octanol–water partition coefficient (Wildman–Crippen LogP) is 6.41. The Morgan fingerprint density at radius 1 is 0.892 bits per heavy atom. The van der Waals surface area contributed by atoms with Crippen LogP contribution in [0.4, 0.5) is 32.2 Å². The topological polar surface area (TPSA) is 46.0 Å². The van der Waals surface area contributed by atoms with Crippen LogP contribution in [0.25, 0.3) is 11.0 Å². The first kappa shape index (κ1) is 25.8. The third kappa shape index (κ3) is 6.19. The highest BCUT2D eigenvalue weighted by atomic mass is 19.4. The number of pyridine rings is 1. The first-order valence-corrected chi connectivity index (χ1v) is 12.6. The summed E-state index contributed by atoms with van der Waals surface area (Å²) in [5.41, 5.74) is -1.08. The van der Waals surface area contributed by atoms with E-state index >= 15 is 0 Å². The zero-order valence-electron chi connectivity index (χ0n) is 20.5. The lowest BCUT2D eigenvalue weighted by Crippen LogP contribution is -2.31. The molecular formula is C26H29F6N5. The molecule has 2 fully saturated rings. The number of alkyl halides is 6. The smallest absolute Gasteiger partial charge is 0.356 e. The van der Waals surface area contributed by atoms with Crippen LogP contribution in [-0.2, 0) is 32.0 Å². The van der Waals surface area contributed by atoms with E-state index in [2.05, 4.69) is 15.3 Å². The van der Waals surface area contributed by atoms with Crippen molar-refractivity contribution in [1.82, 2.24) is 20.1 Å². The highest BCUT2D eigenvalue weighted by molar-refractivity contribution is 5.78. The number of benzene rings is 1. The van der Waals surface area contributed by atoms with Crippen LogP contribution in [0.1, 0.15) is 54.9 Å². The van der Waals surface area contributed by atoms with Crippen molar-refractivity contribution in [3.05, 3.63) is 52.7 Å². The first-order valence-electron chi connectivity index (χ1n) is 12.6. The van der Waals surface area contributed by atoms with Crippen LogP contribution in [0.3, 0.4) is 0 Å². The SMILES string of the molecule is CCn1ncc2cc(CNCc3cc(C(F)(F)F)cc(C(F)(F)F)c3)c(N(CC3CC3)CC3CC3)nc21. The fraction of sp³-hybridized carbons (Fsp3) is 0.538. The molecule has 2 aliphatic carbocycles. The Morgan fingerprint density at radius 3 is 2.00 bits per heavy atom. The van der Waals surface area contributed by atoms with Gasteiger partial charge in [0.1, 0.15) is 5.82 Å². The fourth-order valence-corrected chi connectivity index (χ4v) is 4.61. The van der Waals surface area contributed by atoms with Gasteiger partial charge in [-0.05, 0) is 74.3 Å². The van der Waals surface area contributed by atoms with Gasteiger partial charge >= 0.3 is 12.4 Å². The highest BCUT2D eigenvalue weighted by Gasteiger charge is 2.37. The minimum atomic E-state index is -4.87. The molecule has 3 aromatic rings. The molecule has 0 unspecified atom stereocenters. The van der Waals surface area contributed by atoms with Gasteiger partial charge in [0.15, 0.2) is 5.65 Å². The fourth-order valence-electron chi connectivity index (χ4n) is 4.61. The molecule has 5 rings (SSSR count). The Kier molecular flexibility index (Phi) is 6.84. The molecule has 0 atom stereocenters. The van der Waals surface area contributed by atoms with Crippen LogP contribution in [0.5, 0.6) is 0 Å². The lowest BCUT2D eigenvalue weighted by Gasteiger charge is -2.26. The number of aromatic nitrogens is 3. The van der Waals surface area contributed by atoms with Crippen molar-refractivity contribution in [1.29, 1.82) is 0 Å². The van der Waals surface area contributed by atoms with Crippen molar-refractivity contribution in [2.45, 2.75) is 64.6 Å². The van der Waals surface area contributed by atoms with Crippen LogP contribution >= 0.6 is 0 Å². The van der Waals surface area contributed by atoms with Crippen LogP contribution in [0.15, 0.2) is 30.5 Å². The number of nitrogens with one attached hydrogen (secondary N) is 1. The summed E-state index contributed by atoms with van der Waals surface area (Å²) in [5, 5.41) is 8.31. The molecular weight excluding hydrogens is 496 g/mol. The summed E-state index contributed by atoms with van der Waals surface area (Å²) in [6.45, 7) is 4.54. The molecule has 1 aromatic carbocycles. The summed E-state index contributed by atoms with van der Waals surface area (Å²) in [7, 11) is 0. The van der Waals surface area contributed by atoms with Gasteiger partial charge in [0.05, 0.1) is 17.3 Å². The molecule has 0 spiro atoms. The molecule has 200 valence electrons. The zero-order chi connectivity index (χ0) is 26.4. The first-order chi connectivity index (χ1) is 17.5. The molecule has 0 saturated heterocycles. The van der Waals surface area contributed by atoms with Crippen molar-refractivity contribution in [2.75, 3.05) is 18.0 Å². The van der Waals surface area contributed by atoms with E-state index in [9.17, 15) is 26.3 Å². The molecule has 0 radical (unpaired) electrons. The van der Waals surface area contributed by atoms with Crippen molar-refractivity contribution in [2.24, 2.45) is 11.8 Å². The monoisotopic (exact) mass is 525 g/mol. The van der Waals surface area contributed by atoms with Crippen molar-refractivity contribution in [3.63, 3.8) is 0 Å². The average molecular weight is 526 g/mol. The second-order valence-corrected chi connectivity index (χ2v) is 10.2. The van der Waals surface area contributed by atoms with Gasteiger partial charge in [-0.2, -0.15) is 31.4 Å². The number of halogens is 6.